The maximum Gasteiger partial charge on any atom is 0.255 e. The smallest absolute Gasteiger partial charge is 0.255 e. The van der Waals surface area contributed by atoms with E-state index in [1.165, 1.54) is 30.7 Å². The number of aromatic nitrogens is 1. The largest absolute Gasteiger partial charge is 0.446 e. The highest BCUT2D eigenvalue weighted by Crippen LogP contribution is 2.56. The molecule has 0 spiro atoms. The number of amides is 1. The summed E-state index contributed by atoms with van der Waals surface area (Å²) in [6, 6.07) is 6.61. The fraction of sp³-hybridized carbons (Fsp3) is 0.360. The van der Waals surface area contributed by atoms with Gasteiger partial charge in [-0.05, 0) is 67.9 Å². The third-order valence-corrected chi connectivity index (χ3v) is 10.2. The Bertz CT molecular complexity index is 1440. The maximum absolute atomic E-state index is 13.7. The molecule has 2 fully saturated rings. The van der Waals surface area contributed by atoms with E-state index >= 15 is 0 Å². The van der Waals surface area contributed by atoms with Crippen molar-refractivity contribution in [1.82, 2.24) is 4.98 Å². The van der Waals surface area contributed by atoms with E-state index in [0.717, 1.165) is 18.2 Å². The van der Waals surface area contributed by atoms with E-state index < -0.39 is 56.2 Å². The number of oxazole rings is 1. The van der Waals surface area contributed by atoms with Gasteiger partial charge in [0.1, 0.15) is 11.9 Å². The van der Waals surface area contributed by atoms with Crippen LogP contribution in [0.1, 0.15) is 48.0 Å². The lowest BCUT2D eigenvalue weighted by Gasteiger charge is -2.44. The first-order valence-corrected chi connectivity index (χ1v) is 13.5. The zero-order valence-electron chi connectivity index (χ0n) is 19.3. The van der Waals surface area contributed by atoms with Crippen LogP contribution in [0.15, 0.2) is 58.2 Å². The van der Waals surface area contributed by atoms with E-state index in [9.17, 15) is 32.2 Å². The van der Waals surface area contributed by atoms with E-state index in [1.807, 2.05) is 0 Å². The van der Waals surface area contributed by atoms with Crippen LogP contribution in [-0.2, 0) is 9.84 Å². The molecular formula is C25H23ClF2N2O6S. The first-order valence-electron chi connectivity index (χ1n) is 11.6. The highest BCUT2D eigenvalue weighted by Gasteiger charge is 2.60. The van der Waals surface area contributed by atoms with Crippen LogP contribution < -0.4 is 5.32 Å². The van der Waals surface area contributed by atoms with Crippen LogP contribution in [0.4, 0.5) is 14.5 Å². The van der Waals surface area contributed by atoms with Crippen LogP contribution in [0.3, 0.4) is 0 Å². The van der Waals surface area contributed by atoms with Crippen LogP contribution in [-0.4, -0.2) is 40.4 Å². The predicted octanol–water partition coefficient (Wildman–Crippen LogP) is 4.29. The van der Waals surface area contributed by atoms with Gasteiger partial charge in [0.05, 0.1) is 21.4 Å². The standard InChI is InChI=1S/C25H23ClF2N2O6S/c26-18-5-1-13(23(32)30-16-4-6-19(27)20(28)12-16)9-21(18)37(34,35)17-10-14-2-3-15(11-17)25(14,33)22(31)24-29-7-8-36-24/h1,4-9,12,14-15,17,22,31,33H,2-3,10-11H2,(H,30,32)/t14-,15+,17?,22?,25?. The van der Waals surface area contributed by atoms with Crippen molar-refractivity contribution in [3.8, 4) is 0 Å². The molecule has 0 radical (unpaired) electrons. The topological polar surface area (TPSA) is 130 Å². The van der Waals surface area contributed by atoms with Crippen molar-refractivity contribution >= 4 is 33.0 Å². The van der Waals surface area contributed by atoms with Crippen LogP contribution >= 0.6 is 11.6 Å². The van der Waals surface area contributed by atoms with Gasteiger partial charge in [-0.2, -0.15) is 0 Å². The molecule has 1 aromatic heterocycles. The summed E-state index contributed by atoms with van der Waals surface area (Å²) in [5.41, 5.74) is -1.62. The molecule has 1 heterocycles. The van der Waals surface area contributed by atoms with Crippen molar-refractivity contribution in [3.63, 3.8) is 0 Å². The first-order chi connectivity index (χ1) is 17.5. The SMILES string of the molecule is O=C(Nc1ccc(F)c(F)c1)c1ccc(Cl)c(S(=O)(=O)C2C[C@H]3CC[C@@H](C2)C3(O)C(O)c2ncco2)c1. The zero-order chi connectivity index (χ0) is 26.5. The van der Waals surface area contributed by atoms with Gasteiger partial charge in [-0.25, -0.2) is 22.2 Å². The average molecular weight is 553 g/mol. The minimum Gasteiger partial charge on any atom is -0.446 e. The number of carbonyl (C=O) groups is 1. The molecule has 12 heteroatoms. The lowest BCUT2D eigenvalue weighted by atomic mass is 9.71. The highest BCUT2D eigenvalue weighted by atomic mass is 35.5. The minimum absolute atomic E-state index is 0.00370. The van der Waals surface area contributed by atoms with Crippen LogP contribution in [0.25, 0.3) is 0 Å². The third-order valence-electron chi connectivity index (χ3n) is 7.51. The van der Waals surface area contributed by atoms with Crippen LogP contribution in [0, 0.1) is 23.5 Å². The number of nitrogens with zero attached hydrogens (tertiary/aromatic N) is 1. The molecular weight excluding hydrogens is 530 g/mol. The number of benzene rings is 2. The fourth-order valence-electron chi connectivity index (χ4n) is 5.63. The molecule has 2 saturated carbocycles. The van der Waals surface area contributed by atoms with E-state index in [2.05, 4.69) is 10.3 Å². The molecule has 3 aromatic rings. The number of hydrogen-bond acceptors (Lipinski definition) is 7. The lowest BCUT2D eigenvalue weighted by Crippen LogP contribution is -2.52. The van der Waals surface area contributed by atoms with Crippen molar-refractivity contribution in [2.24, 2.45) is 11.8 Å². The summed E-state index contributed by atoms with van der Waals surface area (Å²) in [6.07, 6.45) is 2.46. The molecule has 37 heavy (non-hydrogen) atoms. The van der Waals surface area contributed by atoms with Crippen molar-refractivity contribution in [2.45, 2.75) is 47.5 Å². The van der Waals surface area contributed by atoms with Crippen molar-refractivity contribution in [1.29, 1.82) is 0 Å². The van der Waals surface area contributed by atoms with Crippen molar-refractivity contribution in [2.75, 3.05) is 5.32 Å². The second-order valence-corrected chi connectivity index (χ2v) is 12.1. The van der Waals surface area contributed by atoms with Gasteiger partial charge in [0.15, 0.2) is 27.6 Å². The summed E-state index contributed by atoms with van der Waals surface area (Å²) in [5, 5.41) is 23.7. The summed E-state index contributed by atoms with van der Waals surface area (Å²) >= 11 is 6.25. The Hall–Kier alpha value is -2.86. The van der Waals surface area contributed by atoms with Gasteiger partial charge >= 0.3 is 0 Å². The summed E-state index contributed by atoms with van der Waals surface area (Å²) in [5.74, 6) is -4.01. The van der Waals surface area contributed by atoms with Crippen molar-refractivity contribution < 1.29 is 36.6 Å². The molecule has 3 N–H and O–H groups in total. The molecule has 0 aliphatic heterocycles. The Kier molecular flexibility index (Phi) is 6.59. The monoisotopic (exact) mass is 552 g/mol. The molecule has 2 aliphatic rings. The van der Waals surface area contributed by atoms with Gasteiger partial charge < -0.3 is 19.9 Å². The van der Waals surface area contributed by atoms with Gasteiger partial charge in [-0.3, -0.25) is 4.79 Å². The molecule has 1 amide bonds. The van der Waals surface area contributed by atoms with Gasteiger partial charge in [-0.15, -0.1) is 0 Å². The Labute approximate surface area is 216 Å². The maximum atomic E-state index is 13.7. The second-order valence-electron chi connectivity index (χ2n) is 9.50. The number of halogens is 3. The summed E-state index contributed by atoms with van der Waals surface area (Å²) < 4.78 is 59.2. The fourth-order valence-corrected chi connectivity index (χ4v) is 8.03. The number of anilines is 1. The Morgan fingerprint density at radius 3 is 2.46 bits per heavy atom. The van der Waals surface area contributed by atoms with Gasteiger partial charge in [-0.1, -0.05) is 11.6 Å². The number of nitrogens with one attached hydrogen (secondary N) is 1. The Morgan fingerprint density at radius 1 is 1.14 bits per heavy atom. The van der Waals surface area contributed by atoms with E-state index in [4.69, 9.17) is 16.0 Å². The molecule has 5 rings (SSSR count). The van der Waals surface area contributed by atoms with E-state index in [-0.39, 0.29) is 39.9 Å². The number of sulfone groups is 1. The van der Waals surface area contributed by atoms with Gasteiger partial charge in [0.2, 0.25) is 5.89 Å². The summed E-state index contributed by atoms with van der Waals surface area (Å²) in [6.45, 7) is 0. The zero-order valence-corrected chi connectivity index (χ0v) is 20.8. The van der Waals surface area contributed by atoms with Crippen LogP contribution in [0.5, 0.6) is 0 Å². The predicted molar refractivity (Wildman–Crippen MR) is 129 cm³/mol. The molecule has 2 bridgehead atoms. The normalized spacial score (nSPS) is 26.1. The molecule has 2 aliphatic carbocycles. The molecule has 5 atom stereocenters. The first kappa shape index (κ1) is 25.8. The molecule has 0 saturated heterocycles. The number of aliphatic hydroxyl groups excluding tert-OH is 1. The lowest BCUT2D eigenvalue weighted by molar-refractivity contribution is -0.152. The van der Waals surface area contributed by atoms with Crippen molar-refractivity contribution in [3.05, 3.63) is 77.0 Å². The molecule has 2 aromatic carbocycles. The molecule has 8 nitrogen and oxygen atoms in total. The quantitative estimate of drug-likeness (QED) is 0.416. The number of fused-ring (bicyclic) bond motifs is 2. The Morgan fingerprint density at radius 2 is 1.84 bits per heavy atom. The molecule has 3 unspecified atom stereocenters. The highest BCUT2D eigenvalue weighted by molar-refractivity contribution is 7.92. The average Bonchev–Trinajstić information content (AvgIpc) is 3.43. The van der Waals surface area contributed by atoms with Crippen LogP contribution in [0.2, 0.25) is 5.02 Å². The van der Waals surface area contributed by atoms with E-state index in [0.29, 0.717) is 12.8 Å². The van der Waals surface area contributed by atoms with E-state index in [1.54, 1.807) is 0 Å². The van der Waals surface area contributed by atoms with Gasteiger partial charge in [0, 0.05) is 17.3 Å². The number of aliphatic hydroxyl groups is 2. The number of carbonyl (C=O) groups excluding carboxylic acids is 1. The summed E-state index contributed by atoms with van der Waals surface area (Å²) in [4.78, 5) is 16.4. The number of rotatable bonds is 6. The second kappa shape index (κ2) is 9.46. The van der Waals surface area contributed by atoms with Gasteiger partial charge in [0.25, 0.3) is 5.91 Å². The minimum atomic E-state index is -4.04. The Balaban J connectivity index is 1.39. The third kappa shape index (κ3) is 4.43. The summed E-state index contributed by atoms with van der Waals surface area (Å²) in [7, 11) is -4.04. The number of hydrogen-bond donors (Lipinski definition) is 3. The molecule has 196 valence electrons.